The third-order valence-electron chi connectivity index (χ3n) is 4.00. The molecule has 1 aliphatic rings. The molecule has 0 saturated heterocycles. The van der Waals surface area contributed by atoms with Gasteiger partial charge in [-0.3, -0.25) is 4.79 Å². The molecule has 2 heterocycles. The highest BCUT2D eigenvalue weighted by atomic mass is 16.5. The van der Waals surface area contributed by atoms with Crippen molar-refractivity contribution in [3.8, 4) is 17.2 Å². The van der Waals surface area contributed by atoms with E-state index in [0.717, 1.165) is 0 Å². The Hall–Kier alpha value is -3.80. The van der Waals surface area contributed by atoms with Gasteiger partial charge in [0.05, 0.1) is 18.9 Å². The van der Waals surface area contributed by atoms with Gasteiger partial charge in [0.1, 0.15) is 28.6 Å². The van der Waals surface area contributed by atoms with Crippen molar-refractivity contribution in [3.63, 3.8) is 0 Å². The van der Waals surface area contributed by atoms with Gasteiger partial charge in [-0.05, 0) is 36.4 Å². The number of benzene rings is 2. The number of hydrogen-bond donors (Lipinski definition) is 0. The van der Waals surface area contributed by atoms with Gasteiger partial charge < -0.3 is 18.6 Å². The van der Waals surface area contributed by atoms with Gasteiger partial charge in [0.2, 0.25) is 5.78 Å². The smallest absolute Gasteiger partial charge is 0.347 e. The van der Waals surface area contributed by atoms with Crippen molar-refractivity contribution < 1.29 is 28.2 Å². The topological polar surface area (TPSA) is 75.0 Å². The quantitative estimate of drug-likeness (QED) is 0.395. The number of furan rings is 1. The SMILES string of the molecule is COc1ccccc1C(=O)Oc1ccc2c(c1)OC(=Cc1ccco1)C2=O. The molecule has 6 heteroatoms. The number of allylic oxidation sites excluding steroid dienone is 1. The number of carbonyl (C=O) groups is 2. The average molecular weight is 362 g/mol. The number of methoxy groups -OCH3 is 1. The molecular weight excluding hydrogens is 348 g/mol. The lowest BCUT2D eigenvalue weighted by molar-refractivity contribution is 0.0731. The molecule has 0 amide bonds. The molecule has 0 spiro atoms. The number of ether oxygens (including phenoxy) is 3. The van der Waals surface area contributed by atoms with Crippen LogP contribution in [0.5, 0.6) is 17.2 Å². The number of esters is 1. The van der Waals surface area contributed by atoms with Crippen LogP contribution < -0.4 is 14.2 Å². The third-order valence-corrected chi connectivity index (χ3v) is 4.00. The molecule has 4 rings (SSSR count). The number of carbonyl (C=O) groups excluding carboxylic acids is 2. The van der Waals surface area contributed by atoms with Crippen LogP contribution in [0.25, 0.3) is 6.08 Å². The molecular formula is C21H14O6. The molecule has 0 saturated carbocycles. The Morgan fingerprint density at radius 1 is 1.07 bits per heavy atom. The van der Waals surface area contributed by atoms with E-state index in [4.69, 9.17) is 18.6 Å². The monoisotopic (exact) mass is 362 g/mol. The minimum atomic E-state index is -0.567. The first kappa shape index (κ1) is 16.7. The Bertz CT molecular complexity index is 1050. The Balaban J connectivity index is 1.57. The van der Waals surface area contributed by atoms with E-state index in [-0.39, 0.29) is 17.3 Å². The van der Waals surface area contributed by atoms with Crippen LogP contribution in [0.15, 0.2) is 71.0 Å². The van der Waals surface area contributed by atoms with E-state index in [1.165, 1.54) is 25.5 Å². The Labute approximate surface area is 154 Å². The maximum atomic E-state index is 12.4. The predicted octanol–water partition coefficient (Wildman–Crippen LogP) is 4.12. The summed E-state index contributed by atoms with van der Waals surface area (Å²) in [5.41, 5.74) is 0.695. The molecule has 0 atom stereocenters. The van der Waals surface area contributed by atoms with Gasteiger partial charge >= 0.3 is 5.97 Å². The van der Waals surface area contributed by atoms with Crippen LogP contribution in [-0.4, -0.2) is 18.9 Å². The van der Waals surface area contributed by atoms with Gasteiger partial charge in [-0.1, -0.05) is 12.1 Å². The minimum Gasteiger partial charge on any atom is -0.496 e. The summed E-state index contributed by atoms with van der Waals surface area (Å²) >= 11 is 0. The largest absolute Gasteiger partial charge is 0.496 e. The van der Waals surface area contributed by atoms with E-state index < -0.39 is 5.97 Å². The standard InChI is InChI=1S/C21H14O6/c1-24-17-7-3-2-6-16(17)21(23)26-14-8-9-15-18(12-14)27-19(20(15)22)11-13-5-4-10-25-13/h2-12H,1H3. The van der Waals surface area contributed by atoms with Gasteiger partial charge in [0.15, 0.2) is 5.76 Å². The molecule has 134 valence electrons. The van der Waals surface area contributed by atoms with Gasteiger partial charge in [-0.2, -0.15) is 0 Å². The van der Waals surface area contributed by atoms with Crippen LogP contribution in [0.2, 0.25) is 0 Å². The van der Waals surface area contributed by atoms with Gasteiger partial charge in [-0.25, -0.2) is 4.79 Å². The zero-order valence-electron chi connectivity index (χ0n) is 14.3. The number of rotatable bonds is 4. The highest BCUT2D eigenvalue weighted by molar-refractivity contribution is 6.14. The molecule has 27 heavy (non-hydrogen) atoms. The van der Waals surface area contributed by atoms with Crippen molar-refractivity contribution in [3.05, 3.63) is 83.5 Å². The third kappa shape index (κ3) is 3.20. The fraction of sp³-hybridized carbons (Fsp3) is 0.0476. The maximum Gasteiger partial charge on any atom is 0.347 e. The summed E-state index contributed by atoms with van der Waals surface area (Å²) in [7, 11) is 1.48. The van der Waals surface area contributed by atoms with Crippen LogP contribution in [0, 0.1) is 0 Å². The molecule has 0 aliphatic carbocycles. The number of ketones is 1. The zero-order chi connectivity index (χ0) is 18.8. The van der Waals surface area contributed by atoms with Crippen LogP contribution in [0.4, 0.5) is 0 Å². The van der Waals surface area contributed by atoms with Crippen molar-refractivity contribution in [1.29, 1.82) is 0 Å². The normalized spacial score (nSPS) is 14.0. The van der Waals surface area contributed by atoms with E-state index in [1.807, 2.05) is 0 Å². The van der Waals surface area contributed by atoms with Crippen molar-refractivity contribution >= 4 is 17.8 Å². The van der Waals surface area contributed by atoms with E-state index in [0.29, 0.717) is 28.4 Å². The van der Waals surface area contributed by atoms with E-state index in [2.05, 4.69) is 0 Å². The average Bonchev–Trinajstić information content (AvgIpc) is 3.30. The molecule has 0 radical (unpaired) electrons. The van der Waals surface area contributed by atoms with Crippen molar-refractivity contribution in [1.82, 2.24) is 0 Å². The lowest BCUT2D eigenvalue weighted by atomic mass is 10.1. The first-order chi connectivity index (χ1) is 13.2. The lowest BCUT2D eigenvalue weighted by Crippen LogP contribution is -2.10. The first-order valence-electron chi connectivity index (χ1n) is 8.13. The zero-order valence-corrected chi connectivity index (χ0v) is 14.3. The molecule has 3 aromatic rings. The molecule has 1 aromatic heterocycles. The summed E-state index contributed by atoms with van der Waals surface area (Å²) in [5, 5.41) is 0. The summed E-state index contributed by atoms with van der Waals surface area (Å²) in [6.07, 6.45) is 3.03. The fourth-order valence-corrected chi connectivity index (χ4v) is 2.71. The Kier molecular flexibility index (Phi) is 4.22. The predicted molar refractivity (Wildman–Crippen MR) is 96.0 cm³/mol. The number of hydrogen-bond acceptors (Lipinski definition) is 6. The summed E-state index contributed by atoms with van der Waals surface area (Å²) in [6, 6.07) is 14.8. The van der Waals surface area contributed by atoms with Gasteiger partial charge in [-0.15, -0.1) is 0 Å². The second-order valence-corrected chi connectivity index (χ2v) is 5.70. The van der Waals surface area contributed by atoms with Crippen LogP contribution in [0.1, 0.15) is 26.5 Å². The van der Waals surface area contributed by atoms with E-state index >= 15 is 0 Å². The molecule has 0 unspecified atom stereocenters. The Morgan fingerprint density at radius 3 is 2.70 bits per heavy atom. The highest BCUT2D eigenvalue weighted by Gasteiger charge is 2.28. The summed E-state index contributed by atoms with van der Waals surface area (Å²) in [5.74, 6) is 0.827. The van der Waals surface area contributed by atoms with Crippen LogP contribution in [-0.2, 0) is 0 Å². The first-order valence-corrected chi connectivity index (χ1v) is 8.13. The summed E-state index contributed by atoms with van der Waals surface area (Å²) in [4.78, 5) is 24.8. The number of para-hydroxylation sites is 1. The molecule has 0 N–H and O–H groups in total. The van der Waals surface area contributed by atoms with Crippen LogP contribution in [0.3, 0.4) is 0 Å². The molecule has 2 aromatic carbocycles. The minimum absolute atomic E-state index is 0.146. The highest BCUT2D eigenvalue weighted by Crippen LogP contribution is 2.35. The second kappa shape index (κ2) is 6.84. The second-order valence-electron chi connectivity index (χ2n) is 5.70. The number of fused-ring (bicyclic) bond motifs is 1. The van der Waals surface area contributed by atoms with Crippen molar-refractivity contribution in [2.45, 2.75) is 0 Å². The number of Topliss-reactive ketones (excluding diaryl/α,β-unsaturated/α-hetero) is 1. The molecule has 0 fully saturated rings. The summed E-state index contributed by atoms with van der Waals surface area (Å²) < 4.78 is 21.4. The van der Waals surface area contributed by atoms with Crippen molar-refractivity contribution in [2.24, 2.45) is 0 Å². The summed E-state index contributed by atoms with van der Waals surface area (Å²) in [6.45, 7) is 0. The maximum absolute atomic E-state index is 12.4. The molecule has 0 bridgehead atoms. The van der Waals surface area contributed by atoms with Crippen LogP contribution >= 0.6 is 0 Å². The van der Waals surface area contributed by atoms with Gasteiger partial charge in [0, 0.05) is 12.1 Å². The van der Waals surface area contributed by atoms with E-state index in [9.17, 15) is 9.59 Å². The lowest BCUT2D eigenvalue weighted by Gasteiger charge is -2.08. The fourth-order valence-electron chi connectivity index (χ4n) is 2.71. The molecule has 6 nitrogen and oxygen atoms in total. The van der Waals surface area contributed by atoms with Crippen molar-refractivity contribution in [2.75, 3.05) is 7.11 Å². The Morgan fingerprint density at radius 2 is 1.93 bits per heavy atom. The van der Waals surface area contributed by atoms with E-state index in [1.54, 1.807) is 48.5 Å². The molecule has 1 aliphatic heterocycles. The van der Waals surface area contributed by atoms with Gasteiger partial charge in [0.25, 0.3) is 0 Å².